The van der Waals surface area contributed by atoms with E-state index in [2.05, 4.69) is 10.6 Å². The number of rotatable bonds is 5. The van der Waals surface area contributed by atoms with Gasteiger partial charge in [-0.3, -0.25) is 14.5 Å². The molecule has 1 aromatic heterocycles. The Morgan fingerprint density at radius 2 is 2.30 bits per heavy atom. The SMILES string of the molecule is CC1(c2ccco2)NC(=O)N(CC(=O)NCCO)C1=O. The Morgan fingerprint density at radius 1 is 1.55 bits per heavy atom. The first-order chi connectivity index (χ1) is 9.49. The van der Waals surface area contributed by atoms with E-state index < -0.39 is 29.9 Å². The summed E-state index contributed by atoms with van der Waals surface area (Å²) in [6.45, 7) is 0.965. The lowest BCUT2D eigenvalue weighted by Crippen LogP contribution is -2.43. The van der Waals surface area contributed by atoms with E-state index in [9.17, 15) is 14.4 Å². The number of amides is 4. The van der Waals surface area contributed by atoms with Crippen LogP contribution in [0.4, 0.5) is 4.79 Å². The lowest BCUT2D eigenvalue weighted by atomic mass is 9.99. The molecule has 1 aromatic rings. The second-order valence-corrected chi connectivity index (χ2v) is 4.50. The minimum Gasteiger partial charge on any atom is -0.466 e. The zero-order valence-corrected chi connectivity index (χ0v) is 10.9. The Balaban J connectivity index is 2.11. The minimum absolute atomic E-state index is 0.0674. The summed E-state index contributed by atoms with van der Waals surface area (Å²) in [5.41, 5.74) is -1.31. The number of hydrogen-bond acceptors (Lipinski definition) is 5. The number of imide groups is 1. The lowest BCUT2D eigenvalue weighted by molar-refractivity contribution is -0.135. The molecule has 20 heavy (non-hydrogen) atoms. The fraction of sp³-hybridized carbons (Fsp3) is 0.417. The maximum Gasteiger partial charge on any atom is 0.325 e. The Kier molecular flexibility index (Phi) is 3.75. The van der Waals surface area contributed by atoms with Crippen molar-refractivity contribution in [2.45, 2.75) is 12.5 Å². The van der Waals surface area contributed by atoms with Gasteiger partial charge in [-0.05, 0) is 19.1 Å². The molecule has 0 radical (unpaired) electrons. The predicted molar refractivity (Wildman–Crippen MR) is 66.4 cm³/mol. The highest BCUT2D eigenvalue weighted by Gasteiger charge is 2.51. The second kappa shape index (κ2) is 5.33. The van der Waals surface area contributed by atoms with Crippen LogP contribution in [0, 0.1) is 0 Å². The van der Waals surface area contributed by atoms with Crippen LogP contribution < -0.4 is 10.6 Å². The number of urea groups is 1. The zero-order chi connectivity index (χ0) is 14.8. The van der Waals surface area contributed by atoms with E-state index in [1.54, 1.807) is 12.1 Å². The number of aliphatic hydroxyl groups is 1. The van der Waals surface area contributed by atoms with Crippen molar-refractivity contribution in [3.63, 3.8) is 0 Å². The molecule has 2 heterocycles. The van der Waals surface area contributed by atoms with E-state index in [1.807, 2.05) is 0 Å². The quantitative estimate of drug-likeness (QED) is 0.609. The van der Waals surface area contributed by atoms with Crippen molar-refractivity contribution in [1.82, 2.24) is 15.5 Å². The van der Waals surface area contributed by atoms with Crippen molar-refractivity contribution < 1.29 is 23.9 Å². The Bertz CT molecular complexity index is 527. The summed E-state index contributed by atoms with van der Waals surface area (Å²) in [4.78, 5) is 36.5. The van der Waals surface area contributed by atoms with Crippen LogP contribution in [0.25, 0.3) is 0 Å². The van der Waals surface area contributed by atoms with Crippen molar-refractivity contribution in [1.29, 1.82) is 0 Å². The molecule has 1 aliphatic rings. The molecule has 8 nitrogen and oxygen atoms in total. The largest absolute Gasteiger partial charge is 0.466 e. The number of hydrogen-bond donors (Lipinski definition) is 3. The summed E-state index contributed by atoms with van der Waals surface area (Å²) in [5.74, 6) is -0.781. The molecule has 1 fully saturated rings. The van der Waals surface area contributed by atoms with Gasteiger partial charge in [0.2, 0.25) is 5.91 Å². The third-order valence-electron chi connectivity index (χ3n) is 3.02. The molecule has 4 amide bonds. The van der Waals surface area contributed by atoms with Gasteiger partial charge in [-0.25, -0.2) is 4.79 Å². The van der Waals surface area contributed by atoms with Gasteiger partial charge in [0.25, 0.3) is 5.91 Å². The highest BCUT2D eigenvalue weighted by Crippen LogP contribution is 2.28. The molecule has 2 rings (SSSR count). The molecule has 3 N–H and O–H groups in total. The smallest absolute Gasteiger partial charge is 0.325 e. The van der Waals surface area contributed by atoms with Crippen LogP contribution in [0.15, 0.2) is 22.8 Å². The fourth-order valence-electron chi connectivity index (χ4n) is 1.97. The standard InChI is InChI=1S/C12H15N3O5/c1-12(8-3-2-6-20-8)10(18)15(11(19)14-12)7-9(17)13-4-5-16/h2-3,6,16H,4-5,7H2,1H3,(H,13,17)(H,14,19). The van der Waals surface area contributed by atoms with Crippen LogP contribution in [-0.2, 0) is 15.1 Å². The van der Waals surface area contributed by atoms with Crippen molar-refractivity contribution >= 4 is 17.8 Å². The third kappa shape index (κ3) is 2.37. The molecule has 0 bridgehead atoms. The predicted octanol–water partition coefficient (Wildman–Crippen LogP) is -0.845. The Labute approximate surface area is 114 Å². The van der Waals surface area contributed by atoms with Gasteiger partial charge in [0.1, 0.15) is 12.3 Å². The van der Waals surface area contributed by atoms with Gasteiger partial charge < -0.3 is 20.2 Å². The van der Waals surface area contributed by atoms with Gasteiger partial charge >= 0.3 is 6.03 Å². The summed E-state index contributed by atoms with van der Waals surface area (Å²) in [6, 6.07) is 2.53. The molecule has 0 aliphatic carbocycles. The molecule has 1 aliphatic heterocycles. The summed E-state index contributed by atoms with van der Waals surface area (Å²) < 4.78 is 5.16. The molecule has 1 atom stereocenters. The van der Waals surface area contributed by atoms with E-state index >= 15 is 0 Å². The van der Waals surface area contributed by atoms with Crippen LogP contribution in [0.2, 0.25) is 0 Å². The highest BCUT2D eigenvalue weighted by molar-refractivity contribution is 6.08. The van der Waals surface area contributed by atoms with Gasteiger partial charge in [0.05, 0.1) is 12.9 Å². The lowest BCUT2D eigenvalue weighted by Gasteiger charge is -2.18. The first-order valence-corrected chi connectivity index (χ1v) is 6.04. The van der Waals surface area contributed by atoms with Gasteiger partial charge in [-0.1, -0.05) is 0 Å². The van der Waals surface area contributed by atoms with Crippen molar-refractivity contribution in [2.75, 3.05) is 19.7 Å². The molecule has 0 spiro atoms. The topological polar surface area (TPSA) is 112 Å². The van der Waals surface area contributed by atoms with E-state index in [0.29, 0.717) is 5.76 Å². The average Bonchev–Trinajstić information content (AvgIpc) is 3.01. The number of nitrogens with zero attached hydrogens (tertiary/aromatic N) is 1. The first kappa shape index (κ1) is 14.1. The van der Waals surface area contributed by atoms with Crippen LogP contribution in [-0.4, -0.2) is 47.5 Å². The molecule has 0 aromatic carbocycles. The summed E-state index contributed by atoms with van der Waals surface area (Å²) in [6.07, 6.45) is 1.40. The normalized spacial score (nSPS) is 22.0. The van der Waals surface area contributed by atoms with Crippen molar-refractivity contribution in [3.05, 3.63) is 24.2 Å². The van der Waals surface area contributed by atoms with Gasteiger partial charge in [-0.15, -0.1) is 0 Å². The number of aliphatic hydroxyl groups excluding tert-OH is 1. The summed E-state index contributed by atoms with van der Waals surface area (Å²) in [7, 11) is 0. The van der Waals surface area contributed by atoms with Gasteiger partial charge in [-0.2, -0.15) is 0 Å². The molecule has 108 valence electrons. The number of furan rings is 1. The monoisotopic (exact) mass is 281 g/mol. The van der Waals surface area contributed by atoms with Gasteiger partial charge in [0, 0.05) is 6.54 Å². The average molecular weight is 281 g/mol. The number of nitrogens with one attached hydrogen (secondary N) is 2. The van der Waals surface area contributed by atoms with Crippen LogP contribution in [0.3, 0.4) is 0 Å². The highest BCUT2D eigenvalue weighted by atomic mass is 16.3. The van der Waals surface area contributed by atoms with Crippen LogP contribution in [0.5, 0.6) is 0 Å². The molecular formula is C12H15N3O5. The minimum atomic E-state index is -1.31. The molecular weight excluding hydrogens is 266 g/mol. The molecule has 1 unspecified atom stereocenters. The Morgan fingerprint density at radius 3 is 2.90 bits per heavy atom. The Hall–Kier alpha value is -2.35. The van der Waals surface area contributed by atoms with Crippen LogP contribution >= 0.6 is 0 Å². The first-order valence-electron chi connectivity index (χ1n) is 6.04. The molecule has 1 saturated heterocycles. The molecule has 8 heteroatoms. The summed E-state index contributed by atoms with van der Waals surface area (Å²) >= 11 is 0. The number of carbonyl (C=O) groups excluding carboxylic acids is 3. The maximum atomic E-state index is 12.3. The third-order valence-corrected chi connectivity index (χ3v) is 3.02. The van der Waals surface area contributed by atoms with E-state index in [0.717, 1.165) is 4.90 Å². The van der Waals surface area contributed by atoms with E-state index in [4.69, 9.17) is 9.52 Å². The fourth-order valence-corrected chi connectivity index (χ4v) is 1.97. The summed E-state index contributed by atoms with van der Waals surface area (Å²) in [5, 5.41) is 13.5. The zero-order valence-electron chi connectivity index (χ0n) is 10.9. The van der Waals surface area contributed by atoms with Crippen molar-refractivity contribution in [3.8, 4) is 0 Å². The van der Waals surface area contributed by atoms with Gasteiger partial charge in [0.15, 0.2) is 5.54 Å². The van der Waals surface area contributed by atoms with E-state index in [1.165, 1.54) is 13.2 Å². The second-order valence-electron chi connectivity index (χ2n) is 4.50. The van der Waals surface area contributed by atoms with E-state index in [-0.39, 0.29) is 13.2 Å². The molecule has 0 saturated carbocycles. The van der Waals surface area contributed by atoms with Crippen LogP contribution in [0.1, 0.15) is 12.7 Å². The maximum absolute atomic E-state index is 12.3. The number of carbonyl (C=O) groups is 3. The van der Waals surface area contributed by atoms with Crippen molar-refractivity contribution in [2.24, 2.45) is 0 Å².